The number of thiophene rings is 1. The Bertz CT molecular complexity index is 854. The van der Waals surface area contributed by atoms with Gasteiger partial charge in [0.15, 0.2) is 10.8 Å². The van der Waals surface area contributed by atoms with Crippen molar-refractivity contribution in [3.05, 3.63) is 52.2 Å². The van der Waals surface area contributed by atoms with Crippen molar-refractivity contribution >= 4 is 34.7 Å². The fraction of sp³-hybridized carbons (Fsp3) is 0.400. The Morgan fingerprint density at radius 3 is 2.78 bits per heavy atom. The van der Waals surface area contributed by atoms with Crippen molar-refractivity contribution < 1.29 is 18.7 Å². The second kappa shape index (κ2) is 8.50. The van der Waals surface area contributed by atoms with E-state index in [-0.39, 0.29) is 11.8 Å². The van der Waals surface area contributed by atoms with E-state index >= 15 is 0 Å². The molecule has 1 aromatic heterocycles. The Kier molecular flexibility index (Phi) is 6.29. The van der Waals surface area contributed by atoms with Crippen LogP contribution in [0.15, 0.2) is 30.3 Å². The summed E-state index contributed by atoms with van der Waals surface area (Å²) in [5.41, 5.74) is 1.35. The highest BCUT2D eigenvalue weighted by molar-refractivity contribution is 7.14. The van der Waals surface area contributed by atoms with Gasteiger partial charge in [0.1, 0.15) is 5.82 Å². The third kappa shape index (κ3) is 4.39. The molecule has 2 atom stereocenters. The molecular weight excluding hydrogens is 389 g/mol. The molecule has 0 N–H and O–H groups in total. The van der Waals surface area contributed by atoms with Crippen molar-refractivity contribution in [1.29, 1.82) is 0 Å². The van der Waals surface area contributed by atoms with Gasteiger partial charge in [-0.1, -0.05) is 25.1 Å². The Morgan fingerprint density at radius 2 is 2.11 bits per heavy atom. The summed E-state index contributed by atoms with van der Waals surface area (Å²) in [5.74, 6) is -0.964. The zero-order valence-corrected chi connectivity index (χ0v) is 16.8. The number of benzene rings is 1. The molecule has 1 aromatic carbocycles. The number of esters is 1. The Hall–Kier alpha value is -1.76. The van der Waals surface area contributed by atoms with E-state index in [0.29, 0.717) is 36.6 Å². The van der Waals surface area contributed by atoms with Gasteiger partial charge in [0.05, 0.1) is 11.4 Å². The van der Waals surface area contributed by atoms with Crippen molar-refractivity contribution in [1.82, 2.24) is 4.90 Å². The largest absolute Gasteiger partial charge is 0.416 e. The monoisotopic (exact) mass is 409 g/mol. The number of hydrogen-bond acceptors (Lipinski definition) is 5. The van der Waals surface area contributed by atoms with Crippen LogP contribution in [-0.4, -0.2) is 28.6 Å². The summed E-state index contributed by atoms with van der Waals surface area (Å²) in [5, 5.41) is -0.123. The van der Waals surface area contributed by atoms with Crippen LogP contribution in [0.25, 0.3) is 0 Å². The number of ketones is 1. The number of halogens is 2. The molecular formula is C20H21ClFNO3S. The third-order valence-electron chi connectivity index (χ3n) is 4.62. The second-order valence-electron chi connectivity index (χ2n) is 6.53. The number of rotatable bonds is 6. The molecule has 2 heterocycles. The molecule has 7 heteroatoms. The molecule has 27 heavy (non-hydrogen) atoms. The highest BCUT2D eigenvalue weighted by atomic mass is 35.5. The van der Waals surface area contributed by atoms with Gasteiger partial charge in [0, 0.05) is 30.5 Å². The number of carbonyl (C=O) groups excluding carboxylic acids is 2. The van der Waals surface area contributed by atoms with E-state index in [2.05, 4.69) is 0 Å². The first-order valence-electron chi connectivity index (χ1n) is 8.87. The molecule has 4 nitrogen and oxygen atoms in total. The van der Waals surface area contributed by atoms with E-state index in [0.717, 1.165) is 10.4 Å². The number of carbonyl (C=O) groups is 2. The minimum Gasteiger partial charge on any atom is -0.416 e. The molecule has 3 rings (SSSR count). The van der Waals surface area contributed by atoms with Crippen LogP contribution in [0.4, 0.5) is 4.39 Å². The average Bonchev–Trinajstić information content (AvgIpc) is 3.03. The molecule has 0 amide bonds. The molecule has 0 bridgehead atoms. The number of nitrogens with zero attached hydrogens (tertiary/aromatic N) is 1. The third-order valence-corrected chi connectivity index (χ3v) is 6.26. The first-order valence-corrected chi connectivity index (χ1v) is 10.1. The summed E-state index contributed by atoms with van der Waals surface area (Å²) < 4.78 is 19.7. The molecule has 2 unspecified atom stereocenters. The topological polar surface area (TPSA) is 46.6 Å². The van der Waals surface area contributed by atoms with Crippen LogP contribution in [0.1, 0.15) is 42.3 Å². The summed E-state index contributed by atoms with van der Waals surface area (Å²) in [6, 6.07) is 7.44. The van der Waals surface area contributed by atoms with Gasteiger partial charge in [-0.25, -0.2) is 4.39 Å². The molecule has 0 saturated carbocycles. The summed E-state index contributed by atoms with van der Waals surface area (Å²) in [6.07, 6.45) is 1.19. The standard InChI is InChI=1S/C20H21ClFNO3S/c1-3-15(21)20(25)19(14-6-4-5-7-16(14)22)23-9-8-17-13(11-23)10-18(27-17)26-12(2)24/h4-7,10,15,19H,3,8-9,11H2,1-2H3. The minimum atomic E-state index is -0.737. The quantitative estimate of drug-likeness (QED) is 0.520. The maximum absolute atomic E-state index is 14.5. The van der Waals surface area contributed by atoms with Crippen LogP contribution in [0, 0.1) is 5.82 Å². The van der Waals surface area contributed by atoms with Gasteiger partial charge in [-0.15, -0.1) is 22.9 Å². The van der Waals surface area contributed by atoms with Gasteiger partial charge in [0.2, 0.25) is 0 Å². The van der Waals surface area contributed by atoms with E-state index in [9.17, 15) is 14.0 Å². The highest BCUT2D eigenvalue weighted by Gasteiger charge is 2.35. The van der Waals surface area contributed by atoms with Crippen molar-refractivity contribution in [2.45, 2.75) is 44.7 Å². The lowest BCUT2D eigenvalue weighted by molar-refractivity contribution is -0.131. The van der Waals surface area contributed by atoms with Gasteiger partial charge < -0.3 is 4.74 Å². The summed E-state index contributed by atoms with van der Waals surface area (Å²) in [7, 11) is 0. The van der Waals surface area contributed by atoms with Crippen LogP contribution in [-0.2, 0) is 22.6 Å². The van der Waals surface area contributed by atoms with Crippen LogP contribution in [0.5, 0.6) is 5.06 Å². The summed E-state index contributed by atoms with van der Waals surface area (Å²) in [4.78, 5) is 27.3. The predicted octanol–water partition coefficient (Wildman–Crippen LogP) is 4.50. The van der Waals surface area contributed by atoms with Crippen LogP contribution < -0.4 is 4.74 Å². The number of hydrogen-bond donors (Lipinski definition) is 0. The van der Waals surface area contributed by atoms with E-state index in [1.807, 2.05) is 17.9 Å². The normalized spacial score (nSPS) is 16.4. The molecule has 1 aliphatic heterocycles. The van der Waals surface area contributed by atoms with E-state index < -0.39 is 17.2 Å². The maximum Gasteiger partial charge on any atom is 0.308 e. The molecule has 1 aliphatic rings. The lowest BCUT2D eigenvalue weighted by atomic mass is 9.95. The Labute approximate surface area is 166 Å². The molecule has 0 aliphatic carbocycles. The molecule has 2 aromatic rings. The smallest absolute Gasteiger partial charge is 0.308 e. The second-order valence-corrected chi connectivity index (χ2v) is 8.16. The van der Waals surface area contributed by atoms with E-state index in [1.54, 1.807) is 18.2 Å². The molecule has 0 saturated heterocycles. The van der Waals surface area contributed by atoms with Gasteiger partial charge in [0.25, 0.3) is 0 Å². The number of alkyl halides is 1. The first kappa shape index (κ1) is 20.0. The van der Waals surface area contributed by atoms with Crippen LogP contribution >= 0.6 is 22.9 Å². The summed E-state index contributed by atoms with van der Waals surface area (Å²) in [6.45, 7) is 4.28. The number of ether oxygens (including phenoxy) is 1. The van der Waals surface area contributed by atoms with Gasteiger partial charge in [-0.05, 0) is 30.5 Å². The van der Waals surface area contributed by atoms with Crippen LogP contribution in [0.2, 0.25) is 0 Å². The first-order chi connectivity index (χ1) is 12.9. The maximum atomic E-state index is 14.5. The molecule has 0 fully saturated rings. The average molecular weight is 410 g/mol. The van der Waals surface area contributed by atoms with Gasteiger partial charge in [-0.2, -0.15) is 0 Å². The zero-order valence-electron chi connectivity index (χ0n) is 15.2. The van der Waals surface area contributed by atoms with Gasteiger partial charge in [-0.3, -0.25) is 14.5 Å². The summed E-state index contributed by atoms with van der Waals surface area (Å²) >= 11 is 7.68. The van der Waals surface area contributed by atoms with Crippen molar-refractivity contribution in [3.8, 4) is 5.06 Å². The van der Waals surface area contributed by atoms with Gasteiger partial charge >= 0.3 is 5.97 Å². The Morgan fingerprint density at radius 1 is 1.37 bits per heavy atom. The Balaban J connectivity index is 1.92. The number of Topliss-reactive ketones (excluding diaryl/α,β-unsaturated/α-hetero) is 1. The van der Waals surface area contributed by atoms with Crippen molar-refractivity contribution in [2.24, 2.45) is 0 Å². The van der Waals surface area contributed by atoms with Crippen LogP contribution in [0.3, 0.4) is 0 Å². The molecule has 144 valence electrons. The molecule has 0 radical (unpaired) electrons. The number of fused-ring (bicyclic) bond motifs is 1. The SMILES string of the molecule is CCC(Cl)C(=O)C(c1ccccc1F)N1CCc2sc(OC(C)=O)cc2C1. The fourth-order valence-electron chi connectivity index (χ4n) is 3.34. The minimum absolute atomic E-state index is 0.192. The predicted molar refractivity (Wildman–Crippen MR) is 104 cm³/mol. The zero-order chi connectivity index (χ0) is 19.6. The lowest BCUT2D eigenvalue weighted by Crippen LogP contribution is -2.40. The lowest BCUT2D eigenvalue weighted by Gasteiger charge is -2.34. The highest BCUT2D eigenvalue weighted by Crippen LogP contribution is 2.37. The molecule has 0 spiro atoms. The van der Waals surface area contributed by atoms with Crippen molar-refractivity contribution in [3.63, 3.8) is 0 Å². The van der Waals surface area contributed by atoms with Crippen molar-refractivity contribution in [2.75, 3.05) is 6.54 Å². The van der Waals surface area contributed by atoms with E-state index in [1.165, 1.54) is 24.3 Å². The fourth-order valence-corrected chi connectivity index (χ4v) is 4.51. The van der Waals surface area contributed by atoms with E-state index in [4.69, 9.17) is 16.3 Å².